The fraction of sp³-hybridized carbons (Fsp3) is 0.786. The SMILES string of the molecule is CCC(C)n1ccc(CN2CC(O)(C3CC3)C2)n1. The van der Waals surface area contributed by atoms with E-state index in [1.165, 1.54) is 12.8 Å². The van der Waals surface area contributed by atoms with Crippen LogP contribution in [0, 0.1) is 5.92 Å². The summed E-state index contributed by atoms with van der Waals surface area (Å²) in [6.45, 7) is 6.89. The molecule has 1 unspecified atom stereocenters. The molecular formula is C14H23N3O. The summed E-state index contributed by atoms with van der Waals surface area (Å²) < 4.78 is 2.04. The molecule has 1 aliphatic carbocycles. The van der Waals surface area contributed by atoms with Crippen LogP contribution < -0.4 is 0 Å². The number of hydrogen-bond acceptors (Lipinski definition) is 3. The molecule has 1 atom stereocenters. The molecule has 2 fully saturated rings. The number of aromatic nitrogens is 2. The Bertz CT molecular complexity index is 418. The second-order valence-corrected chi connectivity index (χ2v) is 6.07. The molecule has 0 amide bonds. The number of β-amino-alcohol motifs (C(OH)–C–C–N with tert-alkyl or cyclic N) is 1. The zero-order valence-corrected chi connectivity index (χ0v) is 11.3. The Balaban J connectivity index is 1.53. The normalized spacial score (nSPS) is 24.8. The first-order valence-electron chi connectivity index (χ1n) is 7.09. The highest BCUT2D eigenvalue weighted by Gasteiger charge is 2.51. The summed E-state index contributed by atoms with van der Waals surface area (Å²) >= 11 is 0. The molecule has 2 heterocycles. The number of hydrogen-bond donors (Lipinski definition) is 1. The van der Waals surface area contributed by atoms with E-state index in [9.17, 15) is 5.11 Å². The first-order chi connectivity index (χ1) is 8.60. The van der Waals surface area contributed by atoms with Crippen molar-refractivity contribution < 1.29 is 5.11 Å². The van der Waals surface area contributed by atoms with Crippen molar-refractivity contribution in [3.63, 3.8) is 0 Å². The van der Waals surface area contributed by atoms with E-state index in [0.29, 0.717) is 12.0 Å². The average Bonchev–Trinajstić information content (AvgIpc) is 3.07. The summed E-state index contributed by atoms with van der Waals surface area (Å²) in [5.74, 6) is 0.575. The number of rotatable bonds is 5. The minimum Gasteiger partial charge on any atom is -0.387 e. The molecule has 1 aromatic rings. The number of aliphatic hydroxyl groups is 1. The summed E-state index contributed by atoms with van der Waals surface area (Å²) in [6, 6.07) is 2.57. The standard InChI is InChI=1S/C14H23N3O/c1-3-11(2)17-7-6-13(15-17)8-16-9-14(18,10-16)12-4-5-12/h6-7,11-12,18H,3-5,8-10H2,1-2H3. The Morgan fingerprint density at radius 2 is 2.22 bits per heavy atom. The molecule has 1 saturated heterocycles. The van der Waals surface area contributed by atoms with Crippen LogP contribution in [0.5, 0.6) is 0 Å². The maximum Gasteiger partial charge on any atom is 0.0928 e. The van der Waals surface area contributed by atoms with Gasteiger partial charge in [0, 0.05) is 31.9 Å². The van der Waals surface area contributed by atoms with E-state index in [4.69, 9.17) is 0 Å². The van der Waals surface area contributed by atoms with Gasteiger partial charge in [0.2, 0.25) is 0 Å². The van der Waals surface area contributed by atoms with Crippen molar-refractivity contribution in [1.82, 2.24) is 14.7 Å². The third kappa shape index (κ3) is 2.19. The topological polar surface area (TPSA) is 41.3 Å². The summed E-state index contributed by atoms with van der Waals surface area (Å²) in [5, 5.41) is 14.9. The molecule has 0 radical (unpaired) electrons. The molecule has 1 saturated carbocycles. The van der Waals surface area contributed by atoms with Crippen LogP contribution in [0.1, 0.15) is 44.8 Å². The van der Waals surface area contributed by atoms with E-state index in [2.05, 4.69) is 36.1 Å². The molecule has 1 aromatic heterocycles. The zero-order chi connectivity index (χ0) is 12.8. The highest BCUT2D eigenvalue weighted by atomic mass is 16.3. The van der Waals surface area contributed by atoms with Gasteiger partial charge in [-0.15, -0.1) is 0 Å². The molecule has 100 valence electrons. The second-order valence-electron chi connectivity index (χ2n) is 6.07. The molecule has 1 aliphatic heterocycles. The van der Waals surface area contributed by atoms with Gasteiger partial charge in [-0.1, -0.05) is 6.92 Å². The molecule has 0 aromatic carbocycles. The van der Waals surface area contributed by atoms with Crippen molar-refractivity contribution in [2.75, 3.05) is 13.1 Å². The van der Waals surface area contributed by atoms with Crippen LogP contribution in [0.2, 0.25) is 0 Å². The lowest BCUT2D eigenvalue weighted by Crippen LogP contribution is -2.62. The fourth-order valence-electron chi connectivity index (χ4n) is 2.84. The maximum absolute atomic E-state index is 10.3. The van der Waals surface area contributed by atoms with Crippen molar-refractivity contribution in [3.8, 4) is 0 Å². The quantitative estimate of drug-likeness (QED) is 0.865. The summed E-state index contributed by atoms with van der Waals surface area (Å²) in [5.41, 5.74) is 0.743. The Labute approximate surface area is 109 Å². The molecule has 4 nitrogen and oxygen atoms in total. The Morgan fingerprint density at radius 1 is 1.50 bits per heavy atom. The highest BCUT2D eigenvalue weighted by molar-refractivity contribution is 5.08. The van der Waals surface area contributed by atoms with Crippen LogP contribution >= 0.6 is 0 Å². The lowest BCUT2D eigenvalue weighted by atomic mass is 9.89. The van der Waals surface area contributed by atoms with Crippen LogP contribution in [-0.2, 0) is 6.54 Å². The van der Waals surface area contributed by atoms with E-state index in [1.807, 2.05) is 4.68 Å². The minimum absolute atomic E-state index is 0.376. The predicted molar refractivity (Wildman–Crippen MR) is 70.2 cm³/mol. The molecule has 2 aliphatic rings. The van der Waals surface area contributed by atoms with E-state index >= 15 is 0 Å². The van der Waals surface area contributed by atoms with Gasteiger partial charge in [0.25, 0.3) is 0 Å². The van der Waals surface area contributed by atoms with E-state index in [1.54, 1.807) is 0 Å². The maximum atomic E-state index is 10.3. The summed E-state index contributed by atoms with van der Waals surface area (Å²) in [7, 11) is 0. The number of nitrogens with zero attached hydrogens (tertiary/aromatic N) is 3. The Kier molecular flexibility index (Phi) is 2.94. The molecular weight excluding hydrogens is 226 g/mol. The number of likely N-dealkylation sites (tertiary alicyclic amines) is 1. The van der Waals surface area contributed by atoms with Crippen molar-refractivity contribution in [1.29, 1.82) is 0 Å². The van der Waals surface area contributed by atoms with Crippen LogP contribution in [0.25, 0.3) is 0 Å². The largest absolute Gasteiger partial charge is 0.387 e. The molecule has 0 spiro atoms. The lowest BCUT2D eigenvalue weighted by molar-refractivity contribution is -0.117. The van der Waals surface area contributed by atoms with Gasteiger partial charge < -0.3 is 5.11 Å². The van der Waals surface area contributed by atoms with E-state index in [-0.39, 0.29) is 5.60 Å². The van der Waals surface area contributed by atoms with Crippen LogP contribution in [0.4, 0.5) is 0 Å². The van der Waals surface area contributed by atoms with Gasteiger partial charge in [-0.3, -0.25) is 9.58 Å². The highest BCUT2D eigenvalue weighted by Crippen LogP contribution is 2.44. The van der Waals surface area contributed by atoms with Gasteiger partial charge in [0.15, 0.2) is 0 Å². The monoisotopic (exact) mass is 249 g/mol. The zero-order valence-electron chi connectivity index (χ0n) is 11.3. The second kappa shape index (κ2) is 4.35. The van der Waals surface area contributed by atoms with Gasteiger partial charge >= 0.3 is 0 Å². The third-order valence-electron chi connectivity index (χ3n) is 4.42. The van der Waals surface area contributed by atoms with E-state index < -0.39 is 0 Å². The fourth-order valence-corrected chi connectivity index (χ4v) is 2.84. The van der Waals surface area contributed by atoms with Crippen LogP contribution in [-0.4, -0.2) is 38.5 Å². The Hall–Kier alpha value is -0.870. The van der Waals surface area contributed by atoms with Crippen molar-refractivity contribution in [2.24, 2.45) is 5.92 Å². The van der Waals surface area contributed by atoms with Gasteiger partial charge in [-0.25, -0.2) is 0 Å². The summed E-state index contributed by atoms with van der Waals surface area (Å²) in [6.07, 6.45) is 5.60. The van der Waals surface area contributed by atoms with Crippen LogP contribution in [0.3, 0.4) is 0 Å². The summed E-state index contributed by atoms with van der Waals surface area (Å²) in [4.78, 5) is 2.29. The third-order valence-corrected chi connectivity index (χ3v) is 4.42. The molecule has 18 heavy (non-hydrogen) atoms. The van der Waals surface area contributed by atoms with Crippen molar-refractivity contribution >= 4 is 0 Å². The van der Waals surface area contributed by atoms with Crippen LogP contribution in [0.15, 0.2) is 12.3 Å². The van der Waals surface area contributed by atoms with E-state index in [0.717, 1.165) is 31.7 Å². The van der Waals surface area contributed by atoms with Crippen molar-refractivity contribution in [3.05, 3.63) is 18.0 Å². The van der Waals surface area contributed by atoms with Gasteiger partial charge in [-0.05, 0) is 38.2 Å². The average molecular weight is 249 g/mol. The smallest absolute Gasteiger partial charge is 0.0928 e. The molecule has 0 bridgehead atoms. The predicted octanol–water partition coefficient (Wildman–Crippen LogP) is 1.81. The lowest BCUT2D eigenvalue weighted by Gasteiger charge is -2.46. The molecule has 3 rings (SSSR count). The first kappa shape index (κ1) is 12.2. The van der Waals surface area contributed by atoms with Crippen molar-refractivity contribution in [2.45, 2.75) is 51.3 Å². The first-order valence-corrected chi connectivity index (χ1v) is 7.09. The van der Waals surface area contributed by atoms with Gasteiger partial charge in [0.05, 0.1) is 11.3 Å². The molecule has 1 N–H and O–H groups in total. The van der Waals surface area contributed by atoms with Gasteiger partial charge in [-0.2, -0.15) is 5.10 Å². The minimum atomic E-state index is -0.376. The Morgan fingerprint density at radius 3 is 2.83 bits per heavy atom. The molecule has 4 heteroatoms. The van der Waals surface area contributed by atoms with Gasteiger partial charge in [0.1, 0.15) is 0 Å².